The molecule has 0 saturated heterocycles. The summed E-state index contributed by atoms with van der Waals surface area (Å²) in [7, 11) is -5.01. The van der Waals surface area contributed by atoms with Crippen molar-refractivity contribution in [2.45, 2.75) is 30.1 Å². The molecule has 166 valence electrons. The van der Waals surface area contributed by atoms with E-state index in [4.69, 9.17) is 23.2 Å². The monoisotopic (exact) mass is 502 g/mol. The Bertz CT molecular complexity index is 1290. The lowest BCUT2D eigenvalue weighted by molar-refractivity contribution is -0.144. The van der Waals surface area contributed by atoms with Crippen LogP contribution in [-0.4, -0.2) is 18.4 Å². The summed E-state index contributed by atoms with van der Waals surface area (Å²) in [5.74, 6) is -1.37. The molecule has 2 aromatic carbocycles. The van der Waals surface area contributed by atoms with Crippen LogP contribution in [0.5, 0.6) is 0 Å². The third-order valence-corrected chi connectivity index (χ3v) is 6.44. The zero-order valence-electron chi connectivity index (χ0n) is 15.2. The van der Waals surface area contributed by atoms with Crippen molar-refractivity contribution in [3.05, 3.63) is 62.8 Å². The van der Waals surface area contributed by atoms with E-state index in [2.05, 4.69) is 9.97 Å². The lowest BCUT2D eigenvalue weighted by atomic mass is 10.1. The molecule has 4 nitrogen and oxygen atoms in total. The molecule has 1 aromatic heterocycles. The van der Waals surface area contributed by atoms with Crippen molar-refractivity contribution >= 4 is 44.1 Å². The summed E-state index contributed by atoms with van der Waals surface area (Å²) in [6.07, 6.45) is -10.2. The standard InChI is InChI=1S/C18H10Cl2F6N2O2S/c1-8-2-3-9(10(4-8)17(21,22)23)7-31(29,30)16-15(18(24,25)26)27-13-5-11(19)12(20)6-14(13)28-16/h2-6H,7H2,1H3. The van der Waals surface area contributed by atoms with Crippen molar-refractivity contribution < 1.29 is 34.8 Å². The quantitative estimate of drug-likeness (QED) is 0.396. The minimum Gasteiger partial charge on any atom is -0.239 e. The minimum atomic E-state index is -5.25. The number of alkyl halides is 6. The fourth-order valence-corrected chi connectivity index (χ4v) is 4.60. The molecule has 0 bridgehead atoms. The first-order valence-corrected chi connectivity index (χ1v) is 10.6. The highest BCUT2D eigenvalue weighted by molar-refractivity contribution is 7.90. The predicted molar refractivity (Wildman–Crippen MR) is 102 cm³/mol. The zero-order valence-corrected chi connectivity index (χ0v) is 17.6. The normalized spacial score (nSPS) is 13.1. The van der Waals surface area contributed by atoms with Gasteiger partial charge in [-0.3, -0.25) is 0 Å². The Morgan fingerprint density at radius 1 is 0.871 bits per heavy atom. The maximum atomic E-state index is 13.5. The van der Waals surface area contributed by atoms with Crippen molar-refractivity contribution in [3.8, 4) is 0 Å². The van der Waals surface area contributed by atoms with Gasteiger partial charge in [0.05, 0.1) is 32.4 Å². The molecule has 13 heteroatoms. The van der Waals surface area contributed by atoms with Crippen LogP contribution in [0.25, 0.3) is 11.0 Å². The van der Waals surface area contributed by atoms with E-state index in [9.17, 15) is 34.8 Å². The summed E-state index contributed by atoms with van der Waals surface area (Å²) >= 11 is 11.6. The van der Waals surface area contributed by atoms with E-state index in [-0.39, 0.29) is 26.6 Å². The van der Waals surface area contributed by atoms with Gasteiger partial charge in [-0.15, -0.1) is 0 Å². The summed E-state index contributed by atoms with van der Waals surface area (Å²) in [4.78, 5) is 6.84. The Kier molecular flexibility index (Phi) is 5.92. The molecule has 1 heterocycles. The Morgan fingerprint density at radius 2 is 1.42 bits per heavy atom. The molecule has 0 unspecified atom stereocenters. The molecule has 3 aromatic rings. The van der Waals surface area contributed by atoms with Crippen molar-refractivity contribution in [1.29, 1.82) is 0 Å². The predicted octanol–water partition coefficient (Wildman–Crippen LogP) is 6.26. The molecule has 31 heavy (non-hydrogen) atoms. The van der Waals surface area contributed by atoms with Crippen molar-refractivity contribution in [1.82, 2.24) is 9.97 Å². The summed E-state index contributed by atoms with van der Waals surface area (Å²) in [6, 6.07) is 4.81. The number of sulfone groups is 1. The first-order valence-electron chi connectivity index (χ1n) is 8.23. The van der Waals surface area contributed by atoms with Gasteiger partial charge in [-0.1, -0.05) is 40.9 Å². The molecule has 3 rings (SSSR count). The second kappa shape index (κ2) is 7.79. The summed E-state index contributed by atoms with van der Waals surface area (Å²) < 4.78 is 106. The smallest absolute Gasteiger partial charge is 0.239 e. The number of halogens is 8. The van der Waals surface area contributed by atoms with Crippen LogP contribution < -0.4 is 0 Å². The van der Waals surface area contributed by atoms with Crippen LogP contribution >= 0.6 is 23.2 Å². The molecule has 0 N–H and O–H groups in total. The van der Waals surface area contributed by atoms with Crippen molar-refractivity contribution in [3.63, 3.8) is 0 Å². The third-order valence-electron chi connectivity index (χ3n) is 4.15. The summed E-state index contributed by atoms with van der Waals surface area (Å²) in [5, 5.41) is -1.76. The van der Waals surface area contributed by atoms with Gasteiger partial charge < -0.3 is 0 Å². The maximum Gasteiger partial charge on any atom is 0.436 e. The van der Waals surface area contributed by atoms with Gasteiger partial charge in [0.2, 0.25) is 9.84 Å². The van der Waals surface area contributed by atoms with Crippen LogP contribution in [0.1, 0.15) is 22.4 Å². The van der Waals surface area contributed by atoms with E-state index in [1.807, 2.05) is 0 Å². The van der Waals surface area contributed by atoms with E-state index in [0.29, 0.717) is 6.07 Å². The second-order valence-corrected chi connectivity index (χ2v) is 9.27. The first-order chi connectivity index (χ1) is 14.1. The van der Waals surface area contributed by atoms with Crippen LogP contribution in [0.3, 0.4) is 0 Å². The number of hydrogen-bond acceptors (Lipinski definition) is 4. The highest BCUT2D eigenvalue weighted by Gasteiger charge is 2.42. The zero-order chi connectivity index (χ0) is 23.4. The molecule has 0 aliphatic rings. The molecule has 0 radical (unpaired) electrons. The van der Waals surface area contributed by atoms with Gasteiger partial charge in [0.1, 0.15) is 0 Å². The molecule has 0 aliphatic carbocycles. The summed E-state index contributed by atoms with van der Waals surface area (Å²) in [6.45, 7) is 1.36. The largest absolute Gasteiger partial charge is 0.436 e. The second-order valence-electron chi connectivity index (χ2n) is 6.55. The fourth-order valence-electron chi connectivity index (χ4n) is 2.79. The van der Waals surface area contributed by atoms with Crippen LogP contribution in [0.15, 0.2) is 35.4 Å². The van der Waals surface area contributed by atoms with Crippen LogP contribution in [0.4, 0.5) is 26.3 Å². The lowest BCUT2D eigenvalue weighted by Gasteiger charge is -2.16. The highest BCUT2D eigenvalue weighted by atomic mass is 35.5. The molecule has 0 atom stereocenters. The maximum absolute atomic E-state index is 13.5. The molecular weight excluding hydrogens is 493 g/mol. The van der Waals surface area contributed by atoms with Gasteiger partial charge in [0.25, 0.3) is 0 Å². The molecular formula is C18H10Cl2F6N2O2S. The number of fused-ring (bicyclic) bond motifs is 1. The third kappa shape index (κ3) is 4.88. The number of rotatable bonds is 3. The van der Waals surface area contributed by atoms with Crippen molar-refractivity contribution in [2.24, 2.45) is 0 Å². The van der Waals surface area contributed by atoms with Crippen LogP contribution in [0.2, 0.25) is 10.0 Å². The van der Waals surface area contributed by atoms with E-state index in [1.54, 1.807) is 0 Å². The lowest BCUT2D eigenvalue weighted by Crippen LogP contribution is -2.20. The SMILES string of the molecule is Cc1ccc(CS(=O)(=O)c2nc3cc(Cl)c(Cl)cc3nc2C(F)(F)F)c(C(F)(F)F)c1. The van der Waals surface area contributed by atoms with E-state index >= 15 is 0 Å². The average molecular weight is 503 g/mol. The van der Waals surface area contributed by atoms with Crippen LogP contribution in [-0.2, 0) is 27.9 Å². The molecule has 0 spiro atoms. The summed E-state index contributed by atoms with van der Waals surface area (Å²) in [5.41, 5.74) is -4.36. The molecule has 0 fully saturated rings. The van der Waals surface area contributed by atoms with Gasteiger partial charge in [-0.25, -0.2) is 18.4 Å². The van der Waals surface area contributed by atoms with Gasteiger partial charge >= 0.3 is 12.4 Å². The average Bonchev–Trinajstić information content (AvgIpc) is 2.61. The molecule has 0 aliphatic heterocycles. The first kappa shape index (κ1) is 23.6. The molecule has 0 amide bonds. The Morgan fingerprint density at radius 3 is 1.94 bits per heavy atom. The fraction of sp³-hybridized carbons (Fsp3) is 0.222. The van der Waals surface area contributed by atoms with Crippen LogP contribution in [0, 0.1) is 6.92 Å². The van der Waals surface area contributed by atoms with E-state index < -0.39 is 49.8 Å². The molecule has 0 saturated carbocycles. The Labute approximate surface area is 181 Å². The number of hydrogen-bond donors (Lipinski definition) is 0. The highest BCUT2D eigenvalue weighted by Crippen LogP contribution is 2.38. The van der Waals surface area contributed by atoms with Gasteiger partial charge in [-0.2, -0.15) is 26.3 Å². The van der Waals surface area contributed by atoms with E-state index in [1.165, 1.54) is 13.0 Å². The van der Waals surface area contributed by atoms with Crippen molar-refractivity contribution in [2.75, 3.05) is 0 Å². The van der Waals surface area contributed by atoms with Gasteiger partial charge in [-0.05, 0) is 30.7 Å². The van der Waals surface area contributed by atoms with Gasteiger partial charge in [0, 0.05) is 0 Å². The number of nitrogens with zero attached hydrogens (tertiary/aromatic N) is 2. The minimum absolute atomic E-state index is 0.121. The van der Waals surface area contributed by atoms with Gasteiger partial charge in [0.15, 0.2) is 10.7 Å². The number of aromatic nitrogens is 2. The Hall–Kier alpha value is -2.11. The Balaban J connectivity index is 2.24. The topological polar surface area (TPSA) is 59.9 Å². The number of aryl methyl sites for hydroxylation is 1. The van der Waals surface area contributed by atoms with E-state index in [0.717, 1.165) is 18.2 Å². The number of benzene rings is 2.